The van der Waals surface area contributed by atoms with E-state index < -0.39 is 0 Å². The normalized spacial score (nSPS) is 13.5. The van der Waals surface area contributed by atoms with Gasteiger partial charge in [0.2, 0.25) is 0 Å². The first-order chi connectivity index (χ1) is 9.43. The lowest BCUT2D eigenvalue weighted by molar-refractivity contribution is 0.318. The van der Waals surface area contributed by atoms with Gasteiger partial charge in [-0.05, 0) is 30.5 Å². The van der Waals surface area contributed by atoms with Gasteiger partial charge >= 0.3 is 0 Å². The maximum Gasteiger partial charge on any atom is 0.124 e. The van der Waals surface area contributed by atoms with Gasteiger partial charge < -0.3 is 10.1 Å². The summed E-state index contributed by atoms with van der Waals surface area (Å²) in [6.45, 7) is 1.81. The summed E-state index contributed by atoms with van der Waals surface area (Å²) < 4.78 is 5.97. The molecule has 1 heterocycles. The predicted octanol–water partition coefficient (Wildman–Crippen LogP) is 3.67. The minimum Gasteiger partial charge on any atom is -0.493 e. The van der Waals surface area contributed by atoms with Crippen LogP contribution in [0.5, 0.6) is 5.75 Å². The molecule has 0 atom stereocenters. The number of anilines is 1. The first-order valence-corrected chi connectivity index (χ1v) is 6.96. The Hall–Kier alpha value is -1.96. The van der Waals surface area contributed by atoms with E-state index in [4.69, 9.17) is 4.74 Å². The van der Waals surface area contributed by atoms with Crippen LogP contribution in [0.3, 0.4) is 0 Å². The van der Waals surface area contributed by atoms with Gasteiger partial charge in [0.25, 0.3) is 0 Å². The van der Waals surface area contributed by atoms with Gasteiger partial charge in [-0.15, -0.1) is 0 Å². The molecule has 0 aromatic heterocycles. The number of fused-ring (bicyclic) bond motifs is 1. The van der Waals surface area contributed by atoms with Crippen molar-refractivity contribution < 1.29 is 4.74 Å². The Morgan fingerprint density at radius 2 is 1.89 bits per heavy atom. The summed E-state index contributed by atoms with van der Waals surface area (Å²) in [7, 11) is 0. The van der Waals surface area contributed by atoms with Crippen molar-refractivity contribution in [2.75, 3.05) is 18.5 Å². The van der Waals surface area contributed by atoms with E-state index in [-0.39, 0.29) is 0 Å². The average molecular weight is 253 g/mol. The summed E-state index contributed by atoms with van der Waals surface area (Å²) in [6, 6.07) is 16.8. The third-order valence-electron chi connectivity index (χ3n) is 3.54. The van der Waals surface area contributed by atoms with Crippen molar-refractivity contribution >= 4 is 5.69 Å². The maximum absolute atomic E-state index is 5.97. The molecule has 0 bridgehead atoms. The summed E-state index contributed by atoms with van der Waals surface area (Å²) >= 11 is 0. The summed E-state index contributed by atoms with van der Waals surface area (Å²) in [5.74, 6) is 1.04. The number of ether oxygens (including phenoxy) is 1. The van der Waals surface area contributed by atoms with E-state index in [2.05, 4.69) is 47.8 Å². The molecule has 98 valence electrons. The van der Waals surface area contributed by atoms with E-state index in [0.717, 1.165) is 31.7 Å². The molecule has 3 rings (SSSR count). The zero-order chi connectivity index (χ0) is 12.9. The Kier molecular flexibility index (Phi) is 3.68. The third kappa shape index (κ3) is 2.90. The van der Waals surface area contributed by atoms with Crippen molar-refractivity contribution in [1.82, 2.24) is 0 Å². The predicted molar refractivity (Wildman–Crippen MR) is 78.9 cm³/mol. The Morgan fingerprint density at radius 3 is 2.79 bits per heavy atom. The molecule has 19 heavy (non-hydrogen) atoms. The van der Waals surface area contributed by atoms with Crippen LogP contribution in [0, 0.1) is 0 Å². The van der Waals surface area contributed by atoms with E-state index in [0.29, 0.717) is 0 Å². The van der Waals surface area contributed by atoms with E-state index in [1.54, 1.807) is 0 Å². The standard InChI is InChI=1S/C17H19NO/c1-2-6-14(7-3-1)11-13-19-17-10-4-9-16-15(17)8-5-12-18-16/h1-4,6-7,9-10,18H,5,8,11-13H2. The van der Waals surface area contributed by atoms with Gasteiger partial charge in [0.1, 0.15) is 5.75 Å². The van der Waals surface area contributed by atoms with Crippen LogP contribution in [-0.2, 0) is 12.8 Å². The van der Waals surface area contributed by atoms with E-state index in [1.807, 2.05) is 6.07 Å². The summed E-state index contributed by atoms with van der Waals surface area (Å²) in [5, 5.41) is 3.43. The van der Waals surface area contributed by atoms with Gasteiger partial charge in [0.15, 0.2) is 0 Å². The van der Waals surface area contributed by atoms with Crippen molar-refractivity contribution in [3.8, 4) is 5.75 Å². The minimum atomic E-state index is 0.737. The minimum absolute atomic E-state index is 0.737. The van der Waals surface area contributed by atoms with Crippen LogP contribution < -0.4 is 10.1 Å². The van der Waals surface area contributed by atoms with Gasteiger partial charge in [-0.25, -0.2) is 0 Å². The lowest BCUT2D eigenvalue weighted by atomic mass is 10.0. The SMILES string of the molecule is c1ccc(CCOc2cccc3c2CCCN3)cc1. The fourth-order valence-electron chi connectivity index (χ4n) is 2.54. The van der Waals surface area contributed by atoms with Crippen LogP contribution in [0.4, 0.5) is 5.69 Å². The smallest absolute Gasteiger partial charge is 0.124 e. The highest BCUT2D eigenvalue weighted by Gasteiger charge is 2.12. The molecular formula is C17H19NO. The topological polar surface area (TPSA) is 21.3 Å². The fourth-order valence-corrected chi connectivity index (χ4v) is 2.54. The molecule has 2 aromatic carbocycles. The molecule has 0 saturated carbocycles. The number of nitrogens with one attached hydrogen (secondary N) is 1. The zero-order valence-electron chi connectivity index (χ0n) is 11.1. The monoisotopic (exact) mass is 253 g/mol. The Morgan fingerprint density at radius 1 is 1.00 bits per heavy atom. The van der Waals surface area contributed by atoms with E-state index in [1.165, 1.54) is 23.2 Å². The second kappa shape index (κ2) is 5.79. The molecule has 2 aromatic rings. The molecule has 0 amide bonds. The van der Waals surface area contributed by atoms with Gasteiger partial charge in [-0.2, -0.15) is 0 Å². The maximum atomic E-state index is 5.97. The molecule has 1 aliphatic heterocycles. The molecule has 0 saturated heterocycles. The average Bonchev–Trinajstić information content (AvgIpc) is 2.49. The molecule has 1 N–H and O–H groups in total. The quantitative estimate of drug-likeness (QED) is 0.897. The molecular weight excluding hydrogens is 234 g/mol. The highest BCUT2D eigenvalue weighted by atomic mass is 16.5. The molecule has 0 fully saturated rings. The van der Waals surface area contributed by atoms with Gasteiger partial charge in [0.05, 0.1) is 6.61 Å². The van der Waals surface area contributed by atoms with Crippen molar-refractivity contribution in [3.63, 3.8) is 0 Å². The van der Waals surface area contributed by atoms with Crippen molar-refractivity contribution in [2.24, 2.45) is 0 Å². The molecule has 0 aliphatic carbocycles. The van der Waals surface area contributed by atoms with Gasteiger partial charge in [-0.1, -0.05) is 36.4 Å². The lowest BCUT2D eigenvalue weighted by Gasteiger charge is -2.21. The number of rotatable bonds is 4. The summed E-state index contributed by atoms with van der Waals surface area (Å²) in [6.07, 6.45) is 3.26. The van der Waals surface area contributed by atoms with Crippen LogP contribution in [0.15, 0.2) is 48.5 Å². The molecule has 1 aliphatic rings. The second-order valence-electron chi connectivity index (χ2n) is 4.90. The van der Waals surface area contributed by atoms with Crippen LogP contribution >= 0.6 is 0 Å². The van der Waals surface area contributed by atoms with Crippen LogP contribution in [0.25, 0.3) is 0 Å². The summed E-state index contributed by atoms with van der Waals surface area (Å²) in [4.78, 5) is 0. The largest absolute Gasteiger partial charge is 0.493 e. The fraction of sp³-hybridized carbons (Fsp3) is 0.294. The van der Waals surface area contributed by atoms with Crippen LogP contribution in [0.1, 0.15) is 17.5 Å². The first-order valence-electron chi connectivity index (χ1n) is 6.96. The highest BCUT2D eigenvalue weighted by Crippen LogP contribution is 2.30. The molecule has 0 spiro atoms. The number of hydrogen-bond donors (Lipinski definition) is 1. The Balaban J connectivity index is 1.64. The molecule has 0 unspecified atom stereocenters. The van der Waals surface area contributed by atoms with Crippen LogP contribution in [-0.4, -0.2) is 13.2 Å². The first kappa shape index (κ1) is 12.1. The Bertz CT molecular complexity index is 536. The molecule has 0 radical (unpaired) electrons. The molecule has 2 nitrogen and oxygen atoms in total. The van der Waals surface area contributed by atoms with Crippen LogP contribution in [0.2, 0.25) is 0 Å². The van der Waals surface area contributed by atoms with Gasteiger partial charge in [0, 0.05) is 24.2 Å². The third-order valence-corrected chi connectivity index (χ3v) is 3.54. The molecule has 2 heteroatoms. The second-order valence-corrected chi connectivity index (χ2v) is 4.90. The van der Waals surface area contributed by atoms with Crippen molar-refractivity contribution in [2.45, 2.75) is 19.3 Å². The summed E-state index contributed by atoms with van der Waals surface area (Å²) in [5.41, 5.74) is 3.90. The number of benzene rings is 2. The van der Waals surface area contributed by atoms with Crippen molar-refractivity contribution in [1.29, 1.82) is 0 Å². The van der Waals surface area contributed by atoms with E-state index >= 15 is 0 Å². The lowest BCUT2D eigenvalue weighted by Crippen LogP contribution is -2.13. The number of hydrogen-bond acceptors (Lipinski definition) is 2. The van der Waals surface area contributed by atoms with E-state index in [9.17, 15) is 0 Å². The van der Waals surface area contributed by atoms with Gasteiger partial charge in [-0.3, -0.25) is 0 Å². The van der Waals surface area contributed by atoms with Crippen molar-refractivity contribution in [3.05, 3.63) is 59.7 Å². The highest BCUT2D eigenvalue weighted by molar-refractivity contribution is 5.59. The zero-order valence-corrected chi connectivity index (χ0v) is 11.1. The Labute approximate surface area is 114 Å².